The van der Waals surface area contributed by atoms with Gasteiger partial charge in [-0.2, -0.15) is 0 Å². The van der Waals surface area contributed by atoms with Gasteiger partial charge in [0.2, 0.25) is 0 Å². The summed E-state index contributed by atoms with van der Waals surface area (Å²) in [5, 5.41) is 25.7. The Morgan fingerprint density at radius 2 is 1.75 bits per heavy atom. The Kier molecular flexibility index (Phi) is 10.3. The molecule has 16 heavy (non-hydrogen) atoms. The minimum Gasteiger partial charge on any atom is -0.479 e. The van der Waals surface area contributed by atoms with Crippen molar-refractivity contribution >= 4 is 5.97 Å². The van der Waals surface area contributed by atoms with E-state index in [1.54, 1.807) is 0 Å². The molecule has 0 bridgehead atoms. The highest BCUT2D eigenvalue weighted by atomic mass is 16.5. The highest BCUT2D eigenvalue weighted by Gasteiger charge is 2.16. The quantitative estimate of drug-likeness (QED) is 0.423. The highest BCUT2D eigenvalue weighted by molar-refractivity contribution is 5.72. The Bertz CT molecular complexity index is 173. The van der Waals surface area contributed by atoms with Crippen LogP contribution in [0.2, 0.25) is 0 Å². The number of rotatable bonds is 11. The van der Waals surface area contributed by atoms with E-state index in [1.165, 1.54) is 0 Å². The Balaban J connectivity index is 3.48. The van der Waals surface area contributed by atoms with Gasteiger partial charge in [0.25, 0.3) is 0 Å². The number of aliphatic hydroxyl groups excluding tert-OH is 2. The fourth-order valence-corrected chi connectivity index (χ4v) is 1.17. The van der Waals surface area contributed by atoms with Crippen molar-refractivity contribution in [2.24, 2.45) is 0 Å². The summed E-state index contributed by atoms with van der Waals surface area (Å²) in [5.41, 5.74) is 0. The average Bonchev–Trinajstić information content (AvgIpc) is 2.26. The molecule has 1 unspecified atom stereocenters. The number of carboxylic acids is 1. The molecule has 0 heterocycles. The summed E-state index contributed by atoms with van der Waals surface area (Å²) in [6.07, 6.45) is 0.947. The maximum absolute atomic E-state index is 10.7. The number of aliphatic hydroxyl groups is 2. The fraction of sp³-hybridized carbons (Fsp3) is 0.900. The molecule has 0 amide bonds. The molecular weight excluding hydrogens is 216 g/mol. The third-order valence-electron chi connectivity index (χ3n) is 1.93. The van der Waals surface area contributed by atoms with Crippen LogP contribution in [0, 0.1) is 0 Å². The largest absolute Gasteiger partial charge is 0.479 e. The Hall–Kier alpha value is -0.690. The normalized spacial score (nSPS) is 12.6. The Labute approximate surface area is 94.8 Å². The van der Waals surface area contributed by atoms with Gasteiger partial charge in [0, 0.05) is 6.61 Å². The van der Waals surface area contributed by atoms with Crippen molar-refractivity contribution in [3.63, 3.8) is 0 Å². The smallest absolute Gasteiger partial charge is 0.332 e. The van der Waals surface area contributed by atoms with Crippen LogP contribution in [0.1, 0.15) is 19.3 Å². The SMILES string of the molecule is O=C(O)C(CCCCOCCO)OCCO. The maximum Gasteiger partial charge on any atom is 0.332 e. The van der Waals surface area contributed by atoms with Gasteiger partial charge in [-0.3, -0.25) is 0 Å². The Morgan fingerprint density at radius 1 is 1.06 bits per heavy atom. The van der Waals surface area contributed by atoms with Gasteiger partial charge in [0.05, 0.1) is 26.4 Å². The van der Waals surface area contributed by atoms with E-state index in [1.807, 2.05) is 0 Å². The van der Waals surface area contributed by atoms with Crippen molar-refractivity contribution in [2.75, 3.05) is 33.0 Å². The van der Waals surface area contributed by atoms with Crippen LogP contribution in [-0.2, 0) is 14.3 Å². The van der Waals surface area contributed by atoms with Crippen LogP contribution >= 0.6 is 0 Å². The van der Waals surface area contributed by atoms with Gasteiger partial charge in [0.15, 0.2) is 6.10 Å². The van der Waals surface area contributed by atoms with Crippen LogP contribution in [0.3, 0.4) is 0 Å². The molecule has 0 saturated heterocycles. The van der Waals surface area contributed by atoms with Crippen LogP contribution in [0.4, 0.5) is 0 Å². The van der Waals surface area contributed by atoms with E-state index in [-0.39, 0.29) is 19.8 Å². The first-order valence-corrected chi connectivity index (χ1v) is 5.36. The molecule has 0 aromatic rings. The van der Waals surface area contributed by atoms with Gasteiger partial charge in [0.1, 0.15) is 0 Å². The molecule has 1 atom stereocenters. The molecule has 0 aliphatic heterocycles. The lowest BCUT2D eigenvalue weighted by atomic mass is 10.1. The summed E-state index contributed by atoms with van der Waals surface area (Å²) in [7, 11) is 0. The van der Waals surface area contributed by atoms with Crippen LogP contribution in [0.5, 0.6) is 0 Å². The highest BCUT2D eigenvalue weighted by Crippen LogP contribution is 2.05. The first-order chi connectivity index (χ1) is 7.72. The lowest BCUT2D eigenvalue weighted by Crippen LogP contribution is -2.25. The molecule has 0 saturated carbocycles. The molecule has 0 spiro atoms. The number of unbranched alkanes of at least 4 members (excludes halogenated alkanes) is 1. The summed E-state index contributed by atoms with van der Waals surface area (Å²) < 4.78 is 9.98. The third kappa shape index (κ3) is 8.60. The summed E-state index contributed by atoms with van der Waals surface area (Å²) in [6, 6.07) is 0. The molecule has 0 aromatic heterocycles. The second-order valence-corrected chi connectivity index (χ2v) is 3.25. The van der Waals surface area contributed by atoms with E-state index in [4.69, 9.17) is 24.8 Å². The summed E-state index contributed by atoms with van der Waals surface area (Å²) in [5.74, 6) is -1.01. The summed E-state index contributed by atoms with van der Waals surface area (Å²) >= 11 is 0. The van der Waals surface area contributed by atoms with Crippen LogP contribution < -0.4 is 0 Å². The molecule has 0 aromatic carbocycles. The number of hydrogen-bond donors (Lipinski definition) is 3. The fourth-order valence-electron chi connectivity index (χ4n) is 1.17. The van der Waals surface area contributed by atoms with Gasteiger partial charge in [-0.25, -0.2) is 4.79 Å². The van der Waals surface area contributed by atoms with Crippen molar-refractivity contribution in [1.82, 2.24) is 0 Å². The van der Waals surface area contributed by atoms with E-state index < -0.39 is 12.1 Å². The van der Waals surface area contributed by atoms with E-state index in [0.29, 0.717) is 26.1 Å². The van der Waals surface area contributed by atoms with E-state index in [2.05, 4.69) is 0 Å². The molecule has 0 rings (SSSR count). The first-order valence-electron chi connectivity index (χ1n) is 5.36. The van der Waals surface area contributed by atoms with Crippen molar-refractivity contribution in [2.45, 2.75) is 25.4 Å². The van der Waals surface area contributed by atoms with E-state index >= 15 is 0 Å². The molecule has 3 N–H and O–H groups in total. The second-order valence-electron chi connectivity index (χ2n) is 3.25. The zero-order chi connectivity index (χ0) is 12.2. The van der Waals surface area contributed by atoms with Gasteiger partial charge in [-0.1, -0.05) is 0 Å². The van der Waals surface area contributed by atoms with E-state index in [0.717, 1.165) is 6.42 Å². The minimum absolute atomic E-state index is 0.00262. The van der Waals surface area contributed by atoms with Crippen molar-refractivity contribution < 1.29 is 29.6 Å². The molecule has 96 valence electrons. The van der Waals surface area contributed by atoms with Crippen molar-refractivity contribution in [3.8, 4) is 0 Å². The Morgan fingerprint density at radius 3 is 2.31 bits per heavy atom. The lowest BCUT2D eigenvalue weighted by molar-refractivity contribution is -0.151. The monoisotopic (exact) mass is 236 g/mol. The summed E-state index contributed by atoms with van der Waals surface area (Å²) in [4.78, 5) is 10.7. The molecule has 6 nitrogen and oxygen atoms in total. The molecule has 0 fully saturated rings. The number of hydrogen-bond acceptors (Lipinski definition) is 5. The predicted molar refractivity (Wildman–Crippen MR) is 56.2 cm³/mol. The number of ether oxygens (including phenoxy) is 2. The van der Waals surface area contributed by atoms with Crippen LogP contribution in [0.15, 0.2) is 0 Å². The molecular formula is C10H20O6. The topological polar surface area (TPSA) is 96.2 Å². The third-order valence-corrected chi connectivity index (χ3v) is 1.93. The standard InChI is InChI=1S/C10H20O6/c11-4-7-15-6-2-1-3-9(10(13)14)16-8-5-12/h9,11-12H,1-8H2,(H,13,14). The average molecular weight is 236 g/mol. The summed E-state index contributed by atoms with van der Waals surface area (Å²) in [6.45, 7) is 0.676. The lowest BCUT2D eigenvalue weighted by Gasteiger charge is -2.12. The van der Waals surface area contributed by atoms with Crippen molar-refractivity contribution in [3.05, 3.63) is 0 Å². The number of carboxylic acid groups (broad SMARTS) is 1. The minimum atomic E-state index is -1.01. The van der Waals surface area contributed by atoms with Crippen molar-refractivity contribution in [1.29, 1.82) is 0 Å². The zero-order valence-corrected chi connectivity index (χ0v) is 9.30. The van der Waals surface area contributed by atoms with Gasteiger partial charge >= 0.3 is 5.97 Å². The van der Waals surface area contributed by atoms with Gasteiger partial charge in [-0.15, -0.1) is 0 Å². The van der Waals surface area contributed by atoms with Gasteiger partial charge < -0.3 is 24.8 Å². The molecule has 0 radical (unpaired) electrons. The number of aliphatic carboxylic acids is 1. The van der Waals surface area contributed by atoms with Crippen LogP contribution in [0.25, 0.3) is 0 Å². The molecule has 6 heteroatoms. The van der Waals surface area contributed by atoms with Gasteiger partial charge in [-0.05, 0) is 19.3 Å². The van der Waals surface area contributed by atoms with Crippen LogP contribution in [-0.4, -0.2) is 60.4 Å². The zero-order valence-electron chi connectivity index (χ0n) is 9.30. The first kappa shape index (κ1) is 15.3. The molecule has 0 aliphatic rings. The van der Waals surface area contributed by atoms with E-state index in [9.17, 15) is 4.79 Å². The molecule has 0 aliphatic carbocycles. The number of carbonyl (C=O) groups is 1. The second kappa shape index (κ2) is 10.8. The maximum atomic E-state index is 10.7. The predicted octanol–water partition coefficient (Wildman–Crippen LogP) is -0.372.